The summed E-state index contributed by atoms with van der Waals surface area (Å²) in [6.45, 7) is 0. The van der Waals surface area contributed by atoms with Crippen molar-refractivity contribution in [1.29, 1.82) is 0 Å². The van der Waals surface area contributed by atoms with Crippen LogP contribution in [0.15, 0.2) is 50.3 Å². The van der Waals surface area contributed by atoms with Crippen molar-refractivity contribution in [3.63, 3.8) is 0 Å². The number of hydrogen-bond donors (Lipinski definition) is 1. The Kier molecular flexibility index (Phi) is 3.71. The molecule has 96 valence electrons. The van der Waals surface area contributed by atoms with Crippen LogP contribution in [0.3, 0.4) is 0 Å². The van der Waals surface area contributed by atoms with E-state index >= 15 is 0 Å². The topological polar surface area (TPSA) is 33.1 Å². The van der Waals surface area contributed by atoms with Crippen molar-refractivity contribution in [3.05, 3.63) is 61.4 Å². The lowest BCUT2D eigenvalue weighted by Crippen LogP contribution is -1.99. The maximum atomic E-state index is 10.6. The van der Waals surface area contributed by atoms with E-state index in [-0.39, 0.29) is 0 Å². The van der Waals surface area contributed by atoms with Gasteiger partial charge in [0.1, 0.15) is 6.10 Å². The average molecular weight is 399 g/mol. The van der Waals surface area contributed by atoms with Crippen LogP contribution in [0, 0.1) is 0 Å². The summed E-state index contributed by atoms with van der Waals surface area (Å²) in [6, 6.07) is 9.77. The van der Waals surface area contributed by atoms with Crippen LogP contribution in [-0.2, 0) is 0 Å². The molecule has 0 aliphatic rings. The number of aromatic nitrogens is 1. The third-order valence-corrected chi connectivity index (χ3v) is 5.37. The monoisotopic (exact) mass is 397 g/mol. The SMILES string of the molecule is OC(c1cc(Br)sc1Br)c1cccc2cnccc12. The molecule has 1 aromatic carbocycles. The quantitative estimate of drug-likeness (QED) is 0.665. The van der Waals surface area contributed by atoms with E-state index in [1.165, 1.54) is 0 Å². The highest BCUT2D eigenvalue weighted by molar-refractivity contribution is 9.12. The summed E-state index contributed by atoms with van der Waals surface area (Å²) < 4.78 is 1.94. The van der Waals surface area contributed by atoms with E-state index in [4.69, 9.17) is 0 Å². The lowest BCUT2D eigenvalue weighted by atomic mass is 9.98. The molecule has 0 bridgehead atoms. The number of benzene rings is 1. The Labute approximate surface area is 131 Å². The van der Waals surface area contributed by atoms with E-state index in [1.807, 2.05) is 36.5 Å². The Morgan fingerprint density at radius 3 is 2.74 bits per heavy atom. The van der Waals surface area contributed by atoms with Gasteiger partial charge in [0.2, 0.25) is 0 Å². The Hall–Kier alpha value is -0.750. The van der Waals surface area contributed by atoms with Crippen LogP contribution in [0.2, 0.25) is 0 Å². The Morgan fingerprint density at radius 2 is 2.00 bits per heavy atom. The molecule has 1 unspecified atom stereocenters. The minimum atomic E-state index is -0.650. The van der Waals surface area contributed by atoms with E-state index in [9.17, 15) is 5.11 Å². The summed E-state index contributed by atoms with van der Waals surface area (Å²) in [5.74, 6) is 0. The highest BCUT2D eigenvalue weighted by Crippen LogP contribution is 2.39. The normalized spacial score (nSPS) is 12.8. The molecule has 0 saturated heterocycles. The minimum Gasteiger partial charge on any atom is -0.384 e. The van der Waals surface area contributed by atoms with Crippen molar-refractivity contribution < 1.29 is 5.11 Å². The van der Waals surface area contributed by atoms with E-state index in [1.54, 1.807) is 17.5 Å². The van der Waals surface area contributed by atoms with Gasteiger partial charge in [0.05, 0.1) is 7.57 Å². The predicted octanol–water partition coefficient (Wildman–Crippen LogP) is 4.90. The lowest BCUT2D eigenvalue weighted by molar-refractivity contribution is 0.221. The van der Waals surface area contributed by atoms with Gasteiger partial charge in [0.15, 0.2) is 0 Å². The molecule has 3 aromatic rings. The number of aliphatic hydroxyl groups is 1. The van der Waals surface area contributed by atoms with Crippen molar-refractivity contribution in [2.45, 2.75) is 6.10 Å². The second-order valence-electron chi connectivity index (χ2n) is 4.13. The van der Waals surface area contributed by atoms with Gasteiger partial charge in [0.25, 0.3) is 0 Å². The smallest absolute Gasteiger partial charge is 0.107 e. The highest BCUT2D eigenvalue weighted by atomic mass is 79.9. The number of pyridine rings is 1. The van der Waals surface area contributed by atoms with Crippen molar-refractivity contribution in [3.8, 4) is 0 Å². The largest absolute Gasteiger partial charge is 0.384 e. The van der Waals surface area contributed by atoms with Gasteiger partial charge in [-0.15, -0.1) is 11.3 Å². The molecule has 0 aliphatic carbocycles. The first-order valence-electron chi connectivity index (χ1n) is 5.62. The van der Waals surface area contributed by atoms with Crippen LogP contribution >= 0.6 is 43.2 Å². The molecule has 3 rings (SSSR count). The first-order chi connectivity index (χ1) is 9.16. The van der Waals surface area contributed by atoms with Crippen molar-refractivity contribution in [1.82, 2.24) is 4.98 Å². The second kappa shape index (κ2) is 5.32. The van der Waals surface area contributed by atoms with Crippen LogP contribution in [0.5, 0.6) is 0 Å². The summed E-state index contributed by atoms with van der Waals surface area (Å²) in [5.41, 5.74) is 1.77. The molecule has 0 amide bonds. The Bertz CT molecular complexity index is 736. The number of fused-ring (bicyclic) bond motifs is 1. The maximum absolute atomic E-state index is 10.6. The molecular weight excluding hydrogens is 390 g/mol. The van der Waals surface area contributed by atoms with E-state index < -0.39 is 6.10 Å². The van der Waals surface area contributed by atoms with Gasteiger partial charge in [-0.05, 0) is 54.9 Å². The summed E-state index contributed by atoms with van der Waals surface area (Å²) >= 11 is 8.49. The molecule has 0 saturated carbocycles. The van der Waals surface area contributed by atoms with E-state index in [2.05, 4.69) is 36.8 Å². The molecule has 2 heterocycles. The second-order valence-corrected chi connectivity index (χ2v) is 7.88. The van der Waals surface area contributed by atoms with Gasteiger partial charge < -0.3 is 5.11 Å². The molecule has 2 nitrogen and oxygen atoms in total. The summed E-state index contributed by atoms with van der Waals surface area (Å²) in [7, 11) is 0. The van der Waals surface area contributed by atoms with E-state index in [0.717, 1.165) is 29.5 Å². The first-order valence-corrected chi connectivity index (χ1v) is 8.02. The van der Waals surface area contributed by atoms with Gasteiger partial charge in [-0.3, -0.25) is 4.98 Å². The molecule has 0 aliphatic heterocycles. The van der Waals surface area contributed by atoms with Crippen LogP contribution < -0.4 is 0 Å². The molecular formula is C14H9Br2NOS. The number of halogens is 2. The minimum absolute atomic E-state index is 0.650. The first kappa shape index (κ1) is 13.2. The molecule has 0 fully saturated rings. The van der Waals surface area contributed by atoms with Crippen LogP contribution in [0.1, 0.15) is 17.2 Å². The average Bonchev–Trinajstić information content (AvgIpc) is 2.76. The molecule has 1 atom stereocenters. The standard InChI is InChI=1S/C14H9Br2NOS/c15-12-6-11(14(16)19-12)13(18)10-3-1-2-8-7-17-5-4-9(8)10/h1-7,13,18H. The fourth-order valence-electron chi connectivity index (χ4n) is 2.09. The molecule has 0 radical (unpaired) electrons. The zero-order chi connectivity index (χ0) is 13.4. The highest BCUT2D eigenvalue weighted by Gasteiger charge is 2.18. The third kappa shape index (κ3) is 2.48. The third-order valence-electron chi connectivity index (χ3n) is 2.99. The lowest BCUT2D eigenvalue weighted by Gasteiger charge is -2.13. The van der Waals surface area contributed by atoms with E-state index in [0.29, 0.717) is 0 Å². The van der Waals surface area contributed by atoms with Gasteiger partial charge in [-0.25, -0.2) is 0 Å². The Balaban J connectivity index is 2.16. The molecule has 2 aromatic heterocycles. The van der Waals surface area contributed by atoms with Gasteiger partial charge in [-0.2, -0.15) is 0 Å². The zero-order valence-corrected chi connectivity index (χ0v) is 13.7. The molecule has 1 N–H and O–H groups in total. The van der Waals surface area contributed by atoms with Crippen LogP contribution in [0.25, 0.3) is 10.8 Å². The number of aliphatic hydroxyl groups excluding tert-OH is 1. The molecule has 5 heteroatoms. The maximum Gasteiger partial charge on any atom is 0.107 e. The van der Waals surface area contributed by atoms with Crippen molar-refractivity contribution in [2.24, 2.45) is 0 Å². The number of nitrogens with zero attached hydrogens (tertiary/aromatic N) is 1. The van der Waals surface area contributed by atoms with Gasteiger partial charge in [-0.1, -0.05) is 18.2 Å². The number of hydrogen-bond acceptors (Lipinski definition) is 3. The van der Waals surface area contributed by atoms with Crippen molar-refractivity contribution >= 4 is 54.0 Å². The van der Waals surface area contributed by atoms with Crippen LogP contribution in [0.4, 0.5) is 0 Å². The van der Waals surface area contributed by atoms with Gasteiger partial charge in [0, 0.05) is 23.3 Å². The number of rotatable bonds is 2. The zero-order valence-electron chi connectivity index (χ0n) is 9.68. The molecule has 19 heavy (non-hydrogen) atoms. The summed E-state index contributed by atoms with van der Waals surface area (Å²) in [4.78, 5) is 4.11. The predicted molar refractivity (Wildman–Crippen MR) is 85.5 cm³/mol. The fraction of sp³-hybridized carbons (Fsp3) is 0.0714. The number of thiophene rings is 1. The molecule has 0 spiro atoms. The summed E-state index contributed by atoms with van der Waals surface area (Å²) in [6.07, 6.45) is 2.91. The fourth-order valence-corrected chi connectivity index (χ4v) is 4.98. The van der Waals surface area contributed by atoms with Crippen LogP contribution in [-0.4, -0.2) is 10.1 Å². The van der Waals surface area contributed by atoms with Gasteiger partial charge >= 0.3 is 0 Å². The van der Waals surface area contributed by atoms with Crippen molar-refractivity contribution in [2.75, 3.05) is 0 Å². The summed E-state index contributed by atoms with van der Waals surface area (Å²) in [5, 5.41) is 12.7. The Morgan fingerprint density at radius 1 is 1.16 bits per heavy atom.